The summed E-state index contributed by atoms with van der Waals surface area (Å²) in [6, 6.07) is 15.2. The van der Waals surface area contributed by atoms with Crippen molar-refractivity contribution >= 4 is 11.3 Å². The van der Waals surface area contributed by atoms with Crippen LogP contribution in [0.15, 0.2) is 42.5 Å². The zero-order chi connectivity index (χ0) is 12.8. The zero-order valence-corrected chi connectivity index (χ0v) is 11.5. The van der Waals surface area contributed by atoms with Gasteiger partial charge in [-0.3, -0.25) is 11.3 Å². The molecule has 18 heavy (non-hydrogen) atoms. The largest absolute Gasteiger partial charge is 0.271 e. The van der Waals surface area contributed by atoms with Crippen molar-refractivity contribution in [1.29, 1.82) is 0 Å². The highest BCUT2D eigenvalue weighted by Crippen LogP contribution is 2.25. The molecule has 2 nitrogen and oxygen atoms in total. The van der Waals surface area contributed by atoms with Crippen molar-refractivity contribution in [3.05, 3.63) is 57.8 Å². The number of rotatable bonds is 6. The van der Waals surface area contributed by atoms with Crippen LogP contribution in [-0.2, 0) is 6.42 Å². The van der Waals surface area contributed by atoms with Gasteiger partial charge in [0.2, 0.25) is 0 Å². The van der Waals surface area contributed by atoms with E-state index in [1.54, 1.807) is 0 Å². The molecule has 1 unspecified atom stereocenters. The normalized spacial score (nSPS) is 12.6. The van der Waals surface area contributed by atoms with Crippen molar-refractivity contribution in [2.24, 2.45) is 5.84 Å². The number of benzene rings is 1. The highest BCUT2D eigenvalue weighted by atomic mass is 32.1. The first kappa shape index (κ1) is 13.3. The van der Waals surface area contributed by atoms with Crippen LogP contribution >= 0.6 is 11.3 Å². The fourth-order valence-electron chi connectivity index (χ4n) is 2.10. The Morgan fingerprint density at radius 3 is 2.56 bits per heavy atom. The second kappa shape index (κ2) is 6.69. The molecule has 2 aromatic rings. The second-order valence-electron chi connectivity index (χ2n) is 4.55. The number of hydrogen-bond acceptors (Lipinski definition) is 3. The van der Waals surface area contributed by atoms with Crippen molar-refractivity contribution in [2.75, 3.05) is 0 Å². The average Bonchev–Trinajstić information content (AvgIpc) is 2.82. The van der Waals surface area contributed by atoms with Crippen LogP contribution in [0, 0.1) is 6.92 Å². The van der Waals surface area contributed by atoms with Crippen LogP contribution in [0.1, 0.15) is 34.2 Å². The summed E-state index contributed by atoms with van der Waals surface area (Å²) in [6.45, 7) is 2.13. The lowest BCUT2D eigenvalue weighted by Gasteiger charge is -2.13. The Balaban J connectivity index is 1.85. The van der Waals surface area contributed by atoms with Gasteiger partial charge in [-0.15, -0.1) is 11.3 Å². The topological polar surface area (TPSA) is 38.0 Å². The van der Waals surface area contributed by atoms with Crippen LogP contribution < -0.4 is 11.3 Å². The first-order chi connectivity index (χ1) is 8.79. The Labute approximate surface area is 113 Å². The fraction of sp³-hybridized carbons (Fsp3) is 0.333. The monoisotopic (exact) mass is 260 g/mol. The second-order valence-corrected chi connectivity index (χ2v) is 5.86. The molecule has 0 radical (unpaired) electrons. The first-order valence-electron chi connectivity index (χ1n) is 6.36. The van der Waals surface area contributed by atoms with Gasteiger partial charge in [0.15, 0.2) is 0 Å². The summed E-state index contributed by atoms with van der Waals surface area (Å²) in [7, 11) is 0. The van der Waals surface area contributed by atoms with E-state index in [9.17, 15) is 0 Å². The molecule has 0 amide bonds. The minimum atomic E-state index is 0.285. The number of hydrogen-bond donors (Lipinski definition) is 2. The summed E-state index contributed by atoms with van der Waals surface area (Å²) >= 11 is 1.82. The maximum absolute atomic E-state index is 5.65. The molecule has 0 spiro atoms. The number of nitrogens with two attached hydrogens (primary N) is 1. The molecule has 1 aromatic heterocycles. The molecule has 0 aliphatic heterocycles. The number of thiophene rings is 1. The van der Waals surface area contributed by atoms with Gasteiger partial charge in [0.1, 0.15) is 0 Å². The molecule has 0 aliphatic carbocycles. The molecule has 3 heteroatoms. The Hall–Kier alpha value is -1.16. The van der Waals surface area contributed by atoms with Crippen LogP contribution in [0.3, 0.4) is 0 Å². The van der Waals surface area contributed by atoms with Gasteiger partial charge in [-0.05, 0) is 43.9 Å². The molecule has 3 N–H and O–H groups in total. The van der Waals surface area contributed by atoms with E-state index >= 15 is 0 Å². The molecule has 0 bridgehead atoms. The quantitative estimate of drug-likeness (QED) is 0.615. The van der Waals surface area contributed by atoms with E-state index in [4.69, 9.17) is 5.84 Å². The third-order valence-electron chi connectivity index (χ3n) is 3.11. The maximum atomic E-state index is 5.65. The Kier molecular flexibility index (Phi) is 4.93. The van der Waals surface area contributed by atoms with E-state index in [1.165, 1.54) is 15.3 Å². The summed E-state index contributed by atoms with van der Waals surface area (Å²) in [5.74, 6) is 5.65. The minimum absolute atomic E-state index is 0.285. The van der Waals surface area contributed by atoms with Gasteiger partial charge in [-0.1, -0.05) is 30.3 Å². The van der Waals surface area contributed by atoms with Crippen LogP contribution in [0.4, 0.5) is 0 Å². The molecule has 96 valence electrons. The van der Waals surface area contributed by atoms with Crippen molar-refractivity contribution in [3.8, 4) is 0 Å². The highest BCUT2D eigenvalue weighted by molar-refractivity contribution is 7.12. The molecule has 0 aliphatic rings. The predicted molar refractivity (Wildman–Crippen MR) is 78.5 cm³/mol. The number of aryl methyl sites for hydroxylation is 2. The van der Waals surface area contributed by atoms with Gasteiger partial charge in [-0.25, -0.2) is 0 Å². The molecular weight excluding hydrogens is 240 g/mol. The lowest BCUT2D eigenvalue weighted by Crippen LogP contribution is -2.27. The Bertz CT molecular complexity index is 464. The number of hydrazine groups is 1. The van der Waals surface area contributed by atoms with E-state index in [1.807, 2.05) is 11.3 Å². The van der Waals surface area contributed by atoms with Crippen molar-refractivity contribution < 1.29 is 0 Å². The summed E-state index contributed by atoms with van der Waals surface area (Å²) in [6.07, 6.45) is 3.34. The van der Waals surface area contributed by atoms with Crippen molar-refractivity contribution in [2.45, 2.75) is 32.2 Å². The van der Waals surface area contributed by atoms with Crippen molar-refractivity contribution in [1.82, 2.24) is 5.43 Å². The van der Waals surface area contributed by atoms with Gasteiger partial charge in [0.25, 0.3) is 0 Å². The molecule has 1 aromatic carbocycles. The van der Waals surface area contributed by atoms with E-state index in [-0.39, 0.29) is 6.04 Å². The molecule has 0 saturated heterocycles. The van der Waals surface area contributed by atoms with Crippen molar-refractivity contribution in [3.63, 3.8) is 0 Å². The third-order valence-corrected chi connectivity index (χ3v) is 4.22. The first-order valence-corrected chi connectivity index (χ1v) is 7.17. The van der Waals surface area contributed by atoms with E-state index in [0.717, 1.165) is 19.3 Å². The predicted octanol–water partition coefficient (Wildman–Crippen LogP) is 3.58. The van der Waals surface area contributed by atoms with Crippen LogP contribution in [0.5, 0.6) is 0 Å². The molecule has 0 saturated carbocycles. The summed E-state index contributed by atoms with van der Waals surface area (Å²) in [4.78, 5) is 2.68. The van der Waals surface area contributed by atoms with Gasteiger partial charge in [-0.2, -0.15) is 0 Å². The SMILES string of the molecule is Cc1ccc(C(CCCc2ccccc2)NN)s1. The standard InChI is InChI=1S/C15H20N2S/c1-12-10-11-15(18-12)14(17-16)9-5-8-13-6-3-2-4-7-13/h2-4,6-7,10-11,14,17H,5,8-9,16H2,1H3. The highest BCUT2D eigenvalue weighted by Gasteiger charge is 2.11. The van der Waals surface area contributed by atoms with Gasteiger partial charge < -0.3 is 0 Å². The maximum Gasteiger partial charge on any atom is 0.0553 e. The molecule has 1 atom stereocenters. The smallest absolute Gasteiger partial charge is 0.0553 e. The molecular formula is C15H20N2S. The van der Waals surface area contributed by atoms with Gasteiger partial charge in [0, 0.05) is 9.75 Å². The average molecular weight is 260 g/mol. The Morgan fingerprint density at radius 1 is 1.17 bits per heavy atom. The fourth-order valence-corrected chi connectivity index (χ4v) is 3.08. The third kappa shape index (κ3) is 3.67. The lowest BCUT2D eigenvalue weighted by molar-refractivity contribution is 0.505. The summed E-state index contributed by atoms with van der Waals surface area (Å²) in [5, 5.41) is 0. The summed E-state index contributed by atoms with van der Waals surface area (Å²) in [5.41, 5.74) is 4.33. The molecule has 2 rings (SSSR count). The lowest BCUT2D eigenvalue weighted by atomic mass is 10.0. The zero-order valence-electron chi connectivity index (χ0n) is 10.7. The number of nitrogens with one attached hydrogen (secondary N) is 1. The molecule has 0 fully saturated rings. The van der Waals surface area contributed by atoms with Gasteiger partial charge >= 0.3 is 0 Å². The van der Waals surface area contributed by atoms with E-state index in [2.05, 4.69) is 54.8 Å². The minimum Gasteiger partial charge on any atom is -0.271 e. The molecule has 1 heterocycles. The van der Waals surface area contributed by atoms with Crippen LogP contribution in [-0.4, -0.2) is 0 Å². The Morgan fingerprint density at radius 2 is 1.94 bits per heavy atom. The summed E-state index contributed by atoms with van der Waals surface area (Å²) < 4.78 is 0. The van der Waals surface area contributed by atoms with E-state index < -0.39 is 0 Å². The van der Waals surface area contributed by atoms with Crippen LogP contribution in [0.25, 0.3) is 0 Å². The van der Waals surface area contributed by atoms with E-state index in [0.29, 0.717) is 0 Å². The van der Waals surface area contributed by atoms with Crippen LogP contribution in [0.2, 0.25) is 0 Å². The van der Waals surface area contributed by atoms with Gasteiger partial charge in [0.05, 0.1) is 6.04 Å².